The van der Waals surface area contributed by atoms with Crippen LogP contribution in [0.25, 0.3) is 0 Å². The molecule has 39 heavy (non-hydrogen) atoms. The van der Waals surface area contributed by atoms with Crippen molar-refractivity contribution in [2.45, 2.75) is 79.4 Å². The van der Waals surface area contributed by atoms with E-state index in [9.17, 15) is 9.59 Å². The number of ether oxygens (including phenoxy) is 2. The second kappa shape index (κ2) is 18.7. The third-order valence-electron chi connectivity index (χ3n) is 4.21. The van der Waals surface area contributed by atoms with Gasteiger partial charge in [-0.3, -0.25) is 9.97 Å². The Kier molecular flexibility index (Phi) is 16.9. The number of carbonyl (C=O) groups excluding carboxylic acids is 2. The summed E-state index contributed by atoms with van der Waals surface area (Å²) in [6.45, 7) is 15.5. The molecular formula is C30H41BrN4O4. The van der Waals surface area contributed by atoms with Crippen LogP contribution in [-0.4, -0.2) is 46.4 Å². The number of carbonyl (C=O) groups is 2. The van der Waals surface area contributed by atoms with Gasteiger partial charge in [-0.05, 0) is 93.6 Å². The lowest BCUT2D eigenvalue weighted by molar-refractivity contribution is 0.0523. The summed E-state index contributed by atoms with van der Waals surface area (Å²) in [6, 6.07) is 3.97. The maximum Gasteiger partial charge on any atom is 0.408 e. The van der Waals surface area contributed by atoms with E-state index in [4.69, 9.17) is 15.9 Å². The lowest BCUT2D eigenvalue weighted by atomic mass is 10.1. The molecular weight excluding hydrogens is 560 g/mol. The third-order valence-corrected chi connectivity index (χ3v) is 4.92. The molecule has 0 fully saturated rings. The predicted octanol–water partition coefficient (Wildman–Crippen LogP) is 6.07. The van der Waals surface area contributed by atoms with E-state index in [1.54, 1.807) is 33.2 Å². The summed E-state index contributed by atoms with van der Waals surface area (Å²) >= 11 is 3.39. The summed E-state index contributed by atoms with van der Waals surface area (Å²) < 4.78 is 11.1. The fourth-order valence-corrected chi connectivity index (χ4v) is 3.07. The van der Waals surface area contributed by atoms with Crippen molar-refractivity contribution in [2.75, 3.05) is 13.1 Å². The first-order chi connectivity index (χ1) is 18.2. The van der Waals surface area contributed by atoms with E-state index in [0.29, 0.717) is 0 Å². The number of nitrogens with zero attached hydrogens (tertiary/aromatic N) is 2. The number of alkyl carbamates (subject to hydrolysis) is 2. The molecule has 0 aliphatic rings. The largest absolute Gasteiger partial charge is 0.444 e. The van der Waals surface area contributed by atoms with Crippen LogP contribution < -0.4 is 10.6 Å². The molecule has 8 nitrogen and oxygen atoms in total. The van der Waals surface area contributed by atoms with Gasteiger partial charge < -0.3 is 20.1 Å². The van der Waals surface area contributed by atoms with Gasteiger partial charge >= 0.3 is 12.2 Å². The highest BCUT2D eigenvalue weighted by molar-refractivity contribution is 9.10. The average molecular weight is 602 g/mol. The summed E-state index contributed by atoms with van der Waals surface area (Å²) in [5, 5.41) is 4.98. The smallest absolute Gasteiger partial charge is 0.408 e. The van der Waals surface area contributed by atoms with Crippen molar-refractivity contribution in [1.82, 2.24) is 20.6 Å². The van der Waals surface area contributed by atoms with E-state index < -0.39 is 23.4 Å². The SMILES string of the molecule is C#CCNC(=O)OC(C)(C)C.CCc1ccncc1Br.CCc1ccncc1C#CCNC(=O)OC(C)(C)C. The van der Waals surface area contributed by atoms with E-state index in [1.807, 2.05) is 45.3 Å². The number of amides is 2. The van der Waals surface area contributed by atoms with Crippen LogP contribution in [0.3, 0.4) is 0 Å². The number of aromatic nitrogens is 2. The van der Waals surface area contributed by atoms with Gasteiger partial charge in [0.25, 0.3) is 0 Å². The molecule has 0 unspecified atom stereocenters. The first-order valence-corrected chi connectivity index (χ1v) is 13.4. The van der Waals surface area contributed by atoms with Crippen LogP contribution in [0.15, 0.2) is 41.4 Å². The van der Waals surface area contributed by atoms with Crippen LogP contribution in [0.5, 0.6) is 0 Å². The quantitative estimate of drug-likeness (QED) is 0.413. The molecule has 0 saturated heterocycles. The predicted molar refractivity (Wildman–Crippen MR) is 159 cm³/mol. The fourth-order valence-electron chi connectivity index (χ4n) is 2.54. The molecule has 2 aromatic heterocycles. The summed E-state index contributed by atoms with van der Waals surface area (Å²) in [5.74, 6) is 8.16. The molecule has 0 aliphatic heterocycles. The Bertz CT molecular complexity index is 1140. The summed E-state index contributed by atoms with van der Waals surface area (Å²) in [4.78, 5) is 30.2. The minimum Gasteiger partial charge on any atom is -0.444 e. The lowest BCUT2D eigenvalue weighted by Crippen LogP contribution is -2.32. The van der Waals surface area contributed by atoms with Gasteiger partial charge in [-0.25, -0.2) is 9.59 Å². The standard InChI is InChI=1S/C15H20N2O2.C8H13NO2.C7H8BrN/c1-5-12-8-10-16-11-13(12)7-6-9-17-14(18)19-15(2,3)4;1-5-6-9-7(10)11-8(2,3)4;1-2-6-3-4-9-5-7(6)8/h8,10-11H,5,9H2,1-4H3,(H,17,18);1H,6H2,2-4H3,(H,9,10);3-5H,2H2,1H3. The van der Waals surface area contributed by atoms with Crippen molar-refractivity contribution in [2.24, 2.45) is 0 Å². The van der Waals surface area contributed by atoms with Crippen LogP contribution in [0.1, 0.15) is 72.1 Å². The van der Waals surface area contributed by atoms with Gasteiger partial charge in [-0.15, -0.1) is 6.42 Å². The Labute approximate surface area is 242 Å². The number of aryl methyl sites for hydroxylation is 2. The zero-order valence-corrected chi connectivity index (χ0v) is 25.9. The second-order valence-electron chi connectivity index (χ2n) is 9.92. The minimum atomic E-state index is -0.490. The minimum absolute atomic E-state index is 0.203. The Morgan fingerprint density at radius 3 is 1.79 bits per heavy atom. The molecule has 0 aliphatic carbocycles. The van der Waals surface area contributed by atoms with E-state index >= 15 is 0 Å². The number of hydrogen-bond acceptors (Lipinski definition) is 6. The molecule has 2 aromatic rings. The average Bonchev–Trinajstić information content (AvgIpc) is 2.84. The van der Waals surface area contributed by atoms with E-state index in [-0.39, 0.29) is 13.1 Å². The van der Waals surface area contributed by atoms with E-state index in [1.165, 1.54) is 5.56 Å². The normalized spacial score (nSPS) is 10.1. The molecule has 0 spiro atoms. The Hall–Kier alpha value is -3.56. The Morgan fingerprint density at radius 2 is 1.36 bits per heavy atom. The molecule has 0 aromatic carbocycles. The number of hydrogen-bond donors (Lipinski definition) is 2. The molecule has 9 heteroatoms. The second-order valence-corrected chi connectivity index (χ2v) is 10.8. The Morgan fingerprint density at radius 1 is 0.872 bits per heavy atom. The van der Waals surface area contributed by atoms with Crippen molar-refractivity contribution >= 4 is 28.1 Å². The molecule has 0 atom stereocenters. The number of halogens is 1. The number of nitrogens with one attached hydrogen (secondary N) is 2. The van der Waals surface area contributed by atoms with Crippen LogP contribution in [0, 0.1) is 24.2 Å². The van der Waals surface area contributed by atoms with Crippen molar-refractivity contribution in [1.29, 1.82) is 0 Å². The highest BCUT2D eigenvalue weighted by atomic mass is 79.9. The molecule has 0 bridgehead atoms. The van der Waals surface area contributed by atoms with Gasteiger partial charge in [-0.1, -0.05) is 31.6 Å². The van der Waals surface area contributed by atoms with Crippen molar-refractivity contribution in [3.05, 3.63) is 58.1 Å². The maximum atomic E-state index is 11.4. The van der Waals surface area contributed by atoms with Gasteiger partial charge in [-0.2, -0.15) is 0 Å². The summed E-state index contributed by atoms with van der Waals surface area (Å²) in [5.41, 5.74) is 2.41. The fraction of sp³-hybridized carbons (Fsp3) is 0.467. The van der Waals surface area contributed by atoms with Gasteiger partial charge in [0.15, 0.2) is 0 Å². The monoisotopic (exact) mass is 600 g/mol. The van der Waals surface area contributed by atoms with Crippen LogP contribution in [-0.2, 0) is 22.3 Å². The topological polar surface area (TPSA) is 102 Å². The highest BCUT2D eigenvalue weighted by Gasteiger charge is 2.15. The molecule has 2 amide bonds. The summed E-state index contributed by atoms with van der Waals surface area (Å²) in [6.07, 6.45) is 13.1. The van der Waals surface area contributed by atoms with Gasteiger partial charge in [0.2, 0.25) is 0 Å². The first-order valence-electron chi connectivity index (χ1n) is 12.6. The number of terminal acetylenes is 1. The van der Waals surface area contributed by atoms with Gasteiger partial charge in [0, 0.05) is 34.8 Å². The summed E-state index contributed by atoms with van der Waals surface area (Å²) in [7, 11) is 0. The maximum absolute atomic E-state index is 11.4. The first kappa shape index (κ1) is 35.4. The third kappa shape index (κ3) is 19.2. The van der Waals surface area contributed by atoms with E-state index in [0.717, 1.165) is 28.4 Å². The van der Waals surface area contributed by atoms with Crippen LogP contribution >= 0.6 is 15.9 Å². The molecule has 0 radical (unpaired) electrons. The zero-order valence-electron chi connectivity index (χ0n) is 24.3. The van der Waals surface area contributed by atoms with Gasteiger partial charge in [0.1, 0.15) is 11.2 Å². The number of pyridine rings is 2. The number of rotatable bonds is 4. The van der Waals surface area contributed by atoms with E-state index in [2.05, 4.69) is 68.1 Å². The van der Waals surface area contributed by atoms with Crippen molar-refractivity contribution < 1.29 is 19.1 Å². The van der Waals surface area contributed by atoms with Gasteiger partial charge in [0.05, 0.1) is 13.1 Å². The molecule has 0 saturated carbocycles. The Balaban J connectivity index is 0.000000611. The van der Waals surface area contributed by atoms with Crippen molar-refractivity contribution in [3.8, 4) is 24.2 Å². The molecule has 2 rings (SSSR count). The van der Waals surface area contributed by atoms with Crippen LogP contribution in [0.2, 0.25) is 0 Å². The zero-order chi connectivity index (χ0) is 29.9. The molecule has 2 N–H and O–H groups in total. The molecule has 212 valence electrons. The molecule has 2 heterocycles. The highest BCUT2D eigenvalue weighted by Crippen LogP contribution is 2.14. The van der Waals surface area contributed by atoms with Crippen LogP contribution in [0.4, 0.5) is 9.59 Å². The lowest BCUT2D eigenvalue weighted by Gasteiger charge is -2.19. The van der Waals surface area contributed by atoms with Crippen molar-refractivity contribution in [3.63, 3.8) is 0 Å².